The molecule has 3 atom stereocenters. The van der Waals surface area contributed by atoms with Crippen LogP contribution in [0.2, 0.25) is 0 Å². The van der Waals surface area contributed by atoms with E-state index in [9.17, 15) is 18.0 Å². The van der Waals surface area contributed by atoms with E-state index in [-0.39, 0.29) is 24.8 Å². The van der Waals surface area contributed by atoms with E-state index < -0.39 is 18.0 Å². The zero-order valence-electron chi connectivity index (χ0n) is 11.3. The van der Waals surface area contributed by atoms with E-state index in [0.717, 1.165) is 12.8 Å². The van der Waals surface area contributed by atoms with E-state index in [1.165, 1.54) is 0 Å². The Kier molecular flexibility index (Phi) is 6.10. The highest BCUT2D eigenvalue weighted by atomic mass is 19.4. The van der Waals surface area contributed by atoms with Crippen molar-refractivity contribution in [2.24, 2.45) is 17.6 Å². The summed E-state index contributed by atoms with van der Waals surface area (Å²) in [5.74, 6) is -2.12. The standard InChI is InChI=1S/C13H23F3N2O/c1-2-4-11(8-17)18-12(19)9-5-3-6-10(7-9)13(14,15)16/h9-11H,2-8,17H2,1H3,(H,18,19). The first kappa shape index (κ1) is 16.3. The summed E-state index contributed by atoms with van der Waals surface area (Å²) in [7, 11) is 0. The average Bonchev–Trinajstić information content (AvgIpc) is 2.37. The Bertz CT molecular complexity index is 294. The molecule has 0 aliphatic heterocycles. The minimum atomic E-state index is -4.18. The van der Waals surface area contributed by atoms with Crippen LogP contribution in [0.5, 0.6) is 0 Å². The van der Waals surface area contributed by atoms with Gasteiger partial charge in [0.05, 0.1) is 5.92 Å². The molecule has 0 spiro atoms. The van der Waals surface area contributed by atoms with Crippen molar-refractivity contribution < 1.29 is 18.0 Å². The molecule has 1 aliphatic rings. The number of carbonyl (C=O) groups excluding carboxylic acids is 1. The summed E-state index contributed by atoms with van der Waals surface area (Å²) in [5, 5.41) is 2.78. The Hall–Kier alpha value is -0.780. The lowest BCUT2D eigenvalue weighted by atomic mass is 9.80. The second-order valence-electron chi connectivity index (χ2n) is 5.33. The molecular weight excluding hydrogens is 257 g/mol. The van der Waals surface area contributed by atoms with Crippen LogP contribution in [0, 0.1) is 11.8 Å². The van der Waals surface area contributed by atoms with E-state index in [1.807, 2.05) is 6.92 Å². The number of amides is 1. The monoisotopic (exact) mass is 280 g/mol. The average molecular weight is 280 g/mol. The van der Waals surface area contributed by atoms with Crippen molar-refractivity contribution in [3.05, 3.63) is 0 Å². The van der Waals surface area contributed by atoms with Gasteiger partial charge in [0.25, 0.3) is 0 Å². The number of hydrogen-bond acceptors (Lipinski definition) is 2. The number of nitrogens with one attached hydrogen (secondary N) is 1. The molecule has 19 heavy (non-hydrogen) atoms. The third kappa shape index (κ3) is 5.01. The van der Waals surface area contributed by atoms with Gasteiger partial charge in [-0.1, -0.05) is 19.8 Å². The Morgan fingerprint density at radius 2 is 2.11 bits per heavy atom. The second-order valence-corrected chi connectivity index (χ2v) is 5.33. The third-order valence-corrected chi connectivity index (χ3v) is 3.78. The normalized spacial score (nSPS) is 25.9. The van der Waals surface area contributed by atoms with E-state index >= 15 is 0 Å². The molecule has 3 N–H and O–H groups in total. The smallest absolute Gasteiger partial charge is 0.352 e. The maximum Gasteiger partial charge on any atom is 0.391 e. The third-order valence-electron chi connectivity index (χ3n) is 3.78. The fourth-order valence-corrected chi connectivity index (χ4v) is 2.64. The molecule has 1 aliphatic carbocycles. The molecule has 0 aromatic heterocycles. The number of alkyl halides is 3. The summed E-state index contributed by atoms with van der Waals surface area (Å²) >= 11 is 0. The number of hydrogen-bond donors (Lipinski definition) is 2. The molecule has 3 nitrogen and oxygen atoms in total. The van der Waals surface area contributed by atoms with Gasteiger partial charge in [-0.3, -0.25) is 4.79 Å². The number of nitrogens with two attached hydrogens (primary N) is 1. The van der Waals surface area contributed by atoms with Crippen LogP contribution in [0.4, 0.5) is 13.2 Å². The van der Waals surface area contributed by atoms with Gasteiger partial charge in [0.15, 0.2) is 0 Å². The molecule has 1 rings (SSSR count). The predicted molar refractivity (Wildman–Crippen MR) is 67.4 cm³/mol. The van der Waals surface area contributed by atoms with Gasteiger partial charge in [-0.25, -0.2) is 0 Å². The predicted octanol–water partition coefficient (Wildman–Crippen LogP) is 2.60. The van der Waals surface area contributed by atoms with Gasteiger partial charge in [0.2, 0.25) is 5.91 Å². The highest BCUT2D eigenvalue weighted by Gasteiger charge is 2.43. The second kappa shape index (κ2) is 7.12. The molecule has 0 aromatic carbocycles. The summed E-state index contributed by atoms with van der Waals surface area (Å²) in [6.07, 6.45) is -1.47. The zero-order valence-corrected chi connectivity index (χ0v) is 11.3. The van der Waals surface area contributed by atoms with Crippen LogP contribution in [0.25, 0.3) is 0 Å². The minimum absolute atomic E-state index is 0.0846. The first-order valence-electron chi connectivity index (χ1n) is 6.95. The van der Waals surface area contributed by atoms with Crippen molar-refractivity contribution in [3.8, 4) is 0 Å². The van der Waals surface area contributed by atoms with Crippen LogP contribution in [-0.2, 0) is 4.79 Å². The lowest BCUT2D eigenvalue weighted by molar-refractivity contribution is -0.186. The molecule has 1 amide bonds. The van der Waals surface area contributed by atoms with Crippen LogP contribution >= 0.6 is 0 Å². The fourth-order valence-electron chi connectivity index (χ4n) is 2.64. The Morgan fingerprint density at radius 3 is 2.63 bits per heavy atom. The maximum absolute atomic E-state index is 12.7. The molecule has 0 heterocycles. The summed E-state index contributed by atoms with van der Waals surface area (Å²) in [4.78, 5) is 12.0. The van der Waals surface area contributed by atoms with E-state index in [4.69, 9.17) is 5.73 Å². The molecule has 3 unspecified atom stereocenters. The first-order chi connectivity index (χ1) is 8.88. The minimum Gasteiger partial charge on any atom is -0.352 e. The summed E-state index contributed by atoms with van der Waals surface area (Å²) in [6.45, 7) is 2.31. The van der Waals surface area contributed by atoms with Gasteiger partial charge in [-0.05, 0) is 25.7 Å². The van der Waals surface area contributed by atoms with Crippen molar-refractivity contribution >= 4 is 5.91 Å². The molecule has 1 saturated carbocycles. The van der Waals surface area contributed by atoms with E-state index in [2.05, 4.69) is 5.32 Å². The molecule has 0 bridgehead atoms. The van der Waals surface area contributed by atoms with Gasteiger partial charge >= 0.3 is 6.18 Å². The molecule has 112 valence electrons. The maximum atomic E-state index is 12.7. The van der Waals surface area contributed by atoms with Crippen LogP contribution < -0.4 is 11.1 Å². The molecule has 0 aromatic rings. The van der Waals surface area contributed by atoms with Crippen molar-refractivity contribution in [1.29, 1.82) is 0 Å². The topological polar surface area (TPSA) is 55.1 Å². The summed E-state index contributed by atoms with van der Waals surface area (Å²) in [6, 6.07) is -0.122. The van der Waals surface area contributed by atoms with Crippen molar-refractivity contribution in [1.82, 2.24) is 5.32 Å². The Balaban J connectivity index is 2.52. The van der Waals surface area contributed by atoms with Crippen LogP contribution in [0.1, 0.15) is 45.4 Å². The Labute approximate surface area is 112 Å². The largest absolute Gasteiger partial charge is 0.391 e. The highest BCUT2D eigenvalue weighted by molar-refractivity contribution is 5.79. The molecule has 6 heteroatoms. The van der Waals surface area contributed by atoms with Gasteiger partial charge in [0.1, 0.15) is 0 Å². The zero-order chi connectivity index (χ0) is 14.5. The fraction of sp³-hybridized carbons (Fsp3) is 0.923. The van der Waals surface area contributed by atoms with Crippen LogP contribution in [0.3, 0.4) is 0 Å². The lowest BCUT2D eigenvalue weighted by Crippen LogP contribution is -2.44. The van der Waals surface area contributed by atoms with Gasteiger partial charge in [-0.2, -0.15) is 13.2 Å². The molecular formula is C13H23F3N2O. The van der Waals surface area contributed by atoms with Crippen LogP contribution in [0.15, 0.2) is 0 Å². The van der Waals surface area contributed by atoms with Gasteiger partial charge in [0, 0.05) is 18.5 Å². The van der Waals surface area contributed by atoms with Crippen molar-refractivity contribution in [2.45, 2.75) is 57.7 Å². The molecule has 0 radical (unpaired) electrons. The van der Waals surface area contributed by atoms with Crippen molar-refractivity contribution in [2.75, 3.05) is 6.54 Å². The summed E-state index contributed by atoms with van der Waals surface area (Å²) < 4.78 is 38.0. The quantitative estimate of drug-likeness (QED) is 0.813. The van der Waals surface area contributed by atoms with E-state index in [1.54, 1.807) is 0 Å². The molecule has 1 fully saturated rings. The number of halogens is 3. The summed E-state index contributed by atoms with van der Waals surface area (Å²) in [5.41, 5.74) is 5.54. The highest BCUT2D eigenvalue weighted by Crippen LogP contribution is 2.39. The van der Waals surface area contributed by atoms with Gasteiger partial charge in [-0.15, -0.1) is 0 Å². The van der Waals surface area contributed by atoms with Crippen molar-refractivity contribution in [3.63, 3.8) is 0 Å². The SMILES string of the molecule is CCCC(CN)NC(=O)C1CCCC(C(F)(F)F)C1. The van der Waals surface area contributed by atoms with E-state index in [0.29, 0.717) is 19.4 Å². The lowest BCUT2D eigenvalue weighted by Gasteiger charge is -2.30. The number of rotatable bonds is 5. The number of carbonyl (C=O) groups is 1. The Morgan fingerprint density at radius 1 is 1.42 bits per heavy atom. The van der Waals surface area contributed by atoms with Crippen LogP contribution in [-0.4, -0.2) is 24.7 Å². The molecule has 0 saturated heterocycles. The van der Waals surface area contributed by atoms with Gasteiger partial charge < -0.3 is 11.1 Å². The first-order valence-corrected chi connectivity index (χ1v) is 6.95.